The van der Waals surface area contributed by atoms with E-state index in [1.54, 1.807) is 0 Å². The molecule has 5 unspecified atom stereocenters. The third kappa shape index (κ3) is 4.54. The lowest BCUT2D eigenvalue weighted by Gasteiger charge is -2.28. The van der Waals surface area contributed by atoms with Crippen molar-refractivity contribution >= 4 is 0 Å². The van der Waals surface area contributed by atoms with Gasteiger partial charge in [-0.05, 0) is 0 Å². The van der Waals surface area contributed by atoms with Crippen LogP contribution in [0.25, 0.3) is 0 Å². The van der Waals surface area contributed by atoms with Crippen molar-refractivity contribution in [3.63, 3.8) is 0 Å². The molecule has 7 N–H and O–H groups in total. The van der Waals surface area contributed by atoms with Crippen molar-refractivity contribution in [2.24, 2.45) is 0 Å². The minimum Gasteiger partial charge on any atom is -0.394 e. The maximum atomic E-state index is 9.38. The van der Waals surface area contributed by atoms with Gasteiger partial charge in [0.15, 0.2) is 0 Å². The molecular formula is C9H19NO6. The Morgan fingerprint density at radius 3 is 2.00 bits per heavy atom. The lowest BCUT2D eigenvalue weighted by Crippen LogP contribution is -2.53. The van der Waals surface area contributed by atoms with Crippen molar-refractivity contribution in [2.75, 3.05) is 13.2 Å². The van der Waals surface area contributed by atoms with Gasteiger partial charge in [-0.3, -0.25) is 5.32 Å². The first-order valence-electron chi connectivity index (χ1n) is 4.81. The maximum absolute atomic E-state index is 9.38. The molecule has 0 heterocycles. The molecule has 96 valence electrons. The largest absolute Gasteiger partial charge is 0.394 e. The third-order valence-electron chi connectivity index (χ3n) is 2.08. The summed E-state index contributed by atoms with van der Waals surface area (Å²) < 4.78 is 0. The number of nitrogens with one attached hydrogen (secondary N) is 1. The van der Waals surface area contributed by atoms with E-state index in [0.29, 0.717) is 0 Å². The summed E-state index contributed by atoms with van der Waals surface area (Å²) in [4.78, 5) is 0. The molecule has 0 spiro atoms. The van der Waals surface area contributed by atoms with E-state index in [2.05, 4.69) is 11.9 Å². The average Bonchev–Trinajstić information content (AvgIpc) is 2.31. The van der Waals surface area contributed by atoms with Gasteiger partial charge < -0.3 is 30.6 Å². The Bertz CT molecular complexity index is 202. The van der Waals surface area contributed by atoms with Gasteiger partial charge in [0, 0.05) is 6.54 Å². The van der Waals surface area contributed by atoms with Gasteiger partial charge in [-0.1, -0.05) is 6.08 Å². The number of aliphatic hydroxyl groups is 6. The van der Waals surface area contributed by atoms with Crippen LogP contribution >= 0.6 is 0 Å². The fourth-order valence-electron chi connectivity index (χ4n) is 1.05. The lowest BCUT2D eigenvalue weighted by molar-refractivity contribution is -0.144. The van der Waals surface area contributed by atoms with Gasteiger partial charge in [0.1, 0.15) is 30.6 Å². The fraction of sp³-hybridized carbons (Fsp3) is 0.778. The predicted octanol–water partition coefficient (Wildman–Crippen LogP) is -3.48. The summed E-state index contributed by atoms with van der Waals surface area (Å²) in [6.45, 7) is 2.81. The summed E-state index contributed by atoms with van der Waals surface area (Å²) in [5.74, 6) is 0. The van der Waals surface area contributed by atoms with E-state index >= 15 is 0 Å². The second-order valence-corrected chi connectivity index (χ2v) is 3.36. The first-order chi connectivity index (χ1) is 7.45. The van der Waals surface area contributed by atoms with Crippen LogP contribution in [-0.2, 0) is 0 Å². The van der Waals surface area contributed by atoms with Crippen molar-refractivity contribution < 1.29 is 30.6 Å². The molecule has 0 aromatic carbocycles. The van der Waals surface area contributed by atoms with Crippen LogP contribution in [0.4, 0.5) is 0 Å². The van der Waals surface area contributed by atoms with E-state index in [0.717, 1.165) is 0 Å². The van der Waals surface area contributed by atoms with Crippen LogP contribution in [0.2, 0.25) is 0 Å². The molecule has 0 aliphatic carbocycles. The summed E-state index contributed by atoms with van der Waals surface area (Å²) in [5.41, 5.74) is 0. The van der Waals surface area contributed by atoms with Gasteiger partial charge in [-0.2, -0.15) is 0 Å². The van der Waals surface area contributed by atoms with Crippen LogP contribution in [0.1, 0.15) is 0 Å². The second kappa shape index (κ2) is 7.69. The van der Waals surface area contributed by atoms with Crippen molar-refractivity contribution in [1.29, 1.82) is 0 Å². The Labute approximate surface area is 93.3 Å². The first kappa shape index (κ1) is 15.5. The second-order valence-electron chi connectivity index (χ2n) is 3.36. The molecule has 0 rings (SSSR count). The number of hydrogen-bond donors (Lipinski definition) is 7. The Kier molecular flexibility index (Phi) is 7.43. The zero-order chi connectivity index (χ0) is 12.7. The molecule has 0 saturated carbocycles. The smallest absolute Gasteiger partial charge is 0.134 e. The van der Waals surface area contributed by atoms with Gasteiger partial charge in [-0.15, -0.1) is 6.58 Å². The molecule has 7 nitrogen and oxygen atoms in total. The Morgan fingerprint density at radius 1 is 1.00 bits per heavy atom. The van der Waals surface area contributed by atoms with Crippen molar-refractivity contribution in [3.8, 4) is 0 Å². The molecule has 0 bridgehead atoms. The van der Waals surface area contributed by atoms with Crippen molar-refractivity contribution in [1.82, 2.24) is 5.32 Å². The molecule has 7 heteroatoms. The summed E-state index contributed by atoms with van der Waals surface area (Å²) in [6, 6.07) is 0. The Morgan fingerprint density at radius 2 is 1.56 bits per heavy atom. The van der Waals surface area contributed by atoms with Gasteiger partial charge in [0.2, 0.25) is 0 Å². The fourth-order valence-corrected chi connectivity index (χ4v) is 1.05. The summed E-state index contributed by atoms with van der Waals surface area (Å²) >= 11 is 0. The lowest BCUT2D eigenvalue weighted by atomic mass is 10.0. The standard InChI is InChI=1S/C9H19NO6/c1-2-3-10-9(16)8(15)7(14)6(13)5(12)4-11/h2,5-16H,1,3-4H2. The molecule has 0 fully saturated rings. The van der Waals surface area contributed by atoms with Gasteiger partial charge in [0.05, 0.1) is 6.61 Å². The van der Waals surface area contributed by atoms with Crippen LogP contribution in [0, 0.1) is 0 Å². The number of aliphatic hydroxyl groups excluding tert-OH is 6. The quantitative estimate of drug-likeness (QED) is 0.172. The zero-order valence-electron chi connectivity index (χ0n) is 8.77. The molecule has 0 saturated heterocycles. The highest BCUT2D eigenvalue weighted by atomic mass is 16.4. The number of rotatable bonds is 8. The van der Waals surface area contributed by atoms with Crippen molar-refractivity contribution in [2.45, 2.75) is 30.6 Å². The highest BCUT2D eigenvalue weighted by molar-refractivity contribution is 4.84. The summed E-state index contributed by atoms with van der Waals surface area (Å²) in [7, 11) is 0. The molecular weight excluding hydrogens is 218 g/mol. The molecule has 0 aliphatic heterocycles. The van der Waals surface area contributed by atoms with Crippen molar-refractivity contribution in [3.05, 3.63) is 12.7 Å². The normalized spacial score (nSPS) is 20.9. The first-order valence-corrected chi connectivity index (χ1v) is 4.81. The van der Waals surface area contributed by atoms with Crippen LogP contribution in [-0.4, -0.2) is 74.4 Å². The average molecular weight is 237 g/mol. The van der Waals surface area contributed by atoms with E-state index in [1.165, 1.54) is 6.08 Å². The van der Waals surface area contributed by atoms with Crippen LogP contribution in [0.15, 0.2) is 12.7 Å². The van der Waals surface area contributed by atoms with E-state index in [9.17, 15) is 20.4 Å². The minimum atomic E-state index is -1.78. The van der Waals surface area contributed by atoms with E-state index < -0.39 is 37.3 Å². The third-order valence-corrected chi connectivity index (χ3v) is 2.08. The molecule has 5 atom stereocenters. The SMILES string of the molecule is C=CCNC(O)C(O)C(O)C(O)C(O)CO. The van der Waals surface area contributed by atoms with Crippen LogP contribution in [0.5, 0.6) is 0 Å². The van der Waals surface area contributed by atoms with Gasteiger partial charge >= 0.3 is 0 Å². The summed E-state index contributed by atoms with van der Waals surface area (Å²) in [5, 5.41) is 57.2. The molecule has 0 aromatic rings. The molecule has 0 radical (unpaired) electrons. The maximum Gasteiger partial charge on any atom is 0.134 e. The van der Waals surface area contributed by atoms with Crippen LogP contribution in [0.3, 0.4) is 0 Å². The highest BCUT2D eigenvalue weighted by Gasteiger charge is 2.33. The van der Waals surface area contributed by atoms with Gasteiger partial charge in [-0.25, -0.2) is 0 Å². The van der Waals surface area contributed by atoms with E-state index in [1.807, 2.05) is 0 Å². The zero-order valence-corrected chi connectivity index (χ0v) is 8.77. The Balaban J connectivity index is 4.24. The van der Waals surface area contributed by atoms with Gasteiger partial charge in [0.25, 0.3) is 0 Å². The number of hydrogen-bond acceptors (Lipinski definition) is 7. The summed E-state index contributed by atoms with van der Waals surface area (Å²) in [6.07, 6.45) is -6.86. The minimum absolute atomic E-state index is 0.198. The van der Waals surface area contributed by atoms with E-state index in [-0.39, 0.29) is 6.54 Å². The van der Waals surface area contributed by atoms with E-state index in [4.69, 9.17) is 10.2 Å². The van der Waals surface area contributed by atoms with Crippen LogP contribution < -0.4 is 5.32 Å². The molecule has 0 amide bonds. The molecule has 0 aliphatic rings. The topological polar surface area (TPSA) is 133 Å². The predicted molar refractivity (Wildman–Crippen MR) is 55.3 cm³/mol. The Hall–Kier alpha value is -0.540. The molecule has 16 heavy (non-hydrogen) atoms. The molecule has 0 aromatic heterocycles. The monoisotopic (exact) mass is 237 g/mol. The highest BCUT2D eigenvalue weighted by Crippen LogP contribution is 2.07.